The first-order valence-electron chi connectivity index (χ1n) is 5.66. The Bertz CT molecular complexity index is 324. The van der Waals surface area contributed by atoms with Gasteiger partial charge in [-0.3, -0.25) is 0 Å². The van der Waals surface area contributed by atoms with E-state index >= 15 is 0 Å². The number of hydrogen-bond acceptors (Lipinski definition) is 0. The summed E-state index contributed by atoms with van der Waals surface area (Å²) in [6, 6.07) is 8.28. The molecule has 0 aromatic heterocycles. The molecule has 1 fully saturated rings. The van der Waals surface area contributed by atoms with Crippen LogP contribution in [-0.2, 0) is 0 Å². The lowest BCUT2D eigenvalue weighted by molar-refractivity contribution is 0.600. The fourth-order valence-corrected chi connectivity index (χ4v) is 3.45. The maximum atomic E-state index is 6.24. The lowest BCUT2D eigenvalue weighted by Crippen LogP contribution is -2.04. The first-order chi connectivity index (χ1) is 7.27. The maximum Gasteiger partial charge on any atom is 0.0440 e. The van der Waals surface area contributed by atoms with Gasteiger partial charge in [-0.2, -0.15) is 0 Å². The van der Waals surface area contributed by atoms with Gasteiger partial charge in [0.1, 0.15) is 0 Å². The van der Waals surface area contributed by atoms with Gasteiger partial charge in [0.05, 0.1) is 0 Å². The Morgan fingerprint density at radius 3 is 2.67 bits per heavy atom. The quantitative estimate of drug-likeness (QED) is 0.495. The average molecular weight is 288 g/mol. The molecular weight excluding hydrogens is 271 g/mol. The molecule has 2 heteroatoms. The number of alkyl halides is 1. The fourth-order valence-electron chi connectivity index (χ4n) is 2.39. The molecule has 1 aromatic rings. The summed E-state index contributed by atoms with van der Waals surface area (Å²) >= 11 is 10.0. The van der Waals surface area contributed by atoms with Crippen molar-refractivity contribution in [3.8, 4) is 0 Å². The van der Waals surface area contributed by atoms with Gasteiger partial charge >= 0.3 is 0 Å². The van der Waals surface area contributed by atoms with E-state index in [1.165, 1.54) is 37.7 Å². The highest BCUT2D eigenvalue weighted by Crippen LogP contribution is 2.37. The van der Waals surface area contributed by atoms with Gasteiger partial charge in [-0.1, -0.05) is 58.6 Å². The van der Waals surface area contributed by atoms with E-state index in [0.29, 0.717) is 10.7 Å². The third kappa shape index (κ3) is 2.98. The van der Waals surface area contributed by atoms with Crippen molar-refractivity contribution < 1.29 is 0 Å². The molecule has 0 heterocycles. The molecule has 0 saturated heterocycles. The Balaban J connectivity index is 2.18. The summed E-state index contributed by atoms with van der Waals surface area (Å²) in [6.45, 7) is 0. The second-order valence-electron chi connectivity index (χ2n) is 4.34. The second kappa shape index (κ2) is 5.36. The number of hydrogen-bond donors (Lipinski definition) is 0. The van der Waals surface area contributed by atoms with Crippen LogP contribution < -0.4 is 0 Å². The molecule has 0 aliphatic heterocycles. The molecule has 1 aliphatic rings. The van der Waals surface area contributed by atoms with E-state index in [4.69, 9.17) is 11.6 Å². The van der Waals surface area contributed by atoms with Crippen molar-refractivity contribution in [2.24, 2.45) is 0 Å². The largest absolute Gasteiger partial charge is 0.0890 e. The predicted molar refractivity (Wildman–Crippen MR) is 70.0 cm³/mol. The third-order valence-electron chi connectivity index (χ3n) is 3.21. The fraction of sp³-hybridized carbons (Fsp3) is 0.538. The van der Waals surface area contributed by atoms with Crippen LogP contribution in [0.25, 0.3) is 0 Å². The molecular formula is C13H16BrCl. The van der Waals surface area contributed by atoms with Gasteiger partial charge in [0.25, 0.3) is 0 Å². The minimum Gasteiger partial charge on any atom is -0.0890 e. The van der Waals surface area contributed by atoms with Crippen LogP contribution in [0.5, 0.6) is 0 Å². The molecule has 0 N–H and O–H groups in total. The van der Waals surface area contributed by atoms with Crippen molar-refractivity contribution in [3.63, 3.8) is 0 Å². The highest BCUT2D eigenvalue weighted by Gasteiger charge is 2.21. The lowest BCUT2D eigenvalue weighted by atomic mass is 9.92. The monoisotopic (exact) mass is 286 g/mol. The van der Waals surface area contributed by atoms with Crippen molar-refractivity contribution in [2.45, 2.75) is 42.8 Å². The molecule has 1 aromatic carbocycles. The third-order valence-corrected chi connectivity index (χ3v) is 4.38. The van der Waals surface area contributed by atoms with Crippen molar-refractivity contribution in [3.05, 3.63) is 34.9 Å². The number of benzene rings is 1. The van der Waals surface area contributed by atoms with E-state index in [2.05, 4.69) is 28.1 Å². The van der Waals surface area contributed by atoms with Crippen LogP contribution in [0.15, 0.2) is 24.3 Å². The van der Waals surface area contributed by atoms with Crippen LogP contribution in [0.4, 0.5) is 0 Å². The second-order valence-corrected chi connectivity index (χ2v) is 6.04. The van der Waals surface area contributed by atoms with Crippen molar-refractivity contribution in [2.75, 3.05) is 0 Å². The zero-order chi connectivity index (χ0) is 10.7. The van der Waals surface area contributed by atoms with Crippen LogP contribution >= 0.6 is 27.5 Å². The number of halogens is 2. The molecule has 2 unspecified atom stereocenters. The van der Waals surface area contributed by atoms with Crippen molar-refractivity contribution >= 4 is 27.5 Å². The highest BCUT2D eigenvalue weighted by molar-refractivity contribution is 9.09. The van der Waals surface area contributed by atoms with Crippen LogP contribution in [0, 0.1) is 0 Å². The average Bonchev–Trinajstić information content (AvgIpc) is 2.43. The molecule has 1 saturated carbocycles. The van der Waals surface area contributed by atoms with Gasteiger partial charge in [-0.25, -0.2) is 0 Å². The molecule has 1 aliphatic carbocycles. The van der Waals surface area contributed by atoms with Gasteiger partial charge in [-0.05, 0) is 36.8 Å². The zero-order valence-corrected chi connectivity index (χ0v) is 11.1. The summed E-state index contributed by atoms with van der Waals surface area (Å²) in [5, 5.41) is 0.934. The first-order valence-corrected chi connectivity index (χ1v) is 6.95. The summed E-state index contributed by atoms with van der Waals surface area (Å²) < 4.78 is 0. The van der Waals surface area contributed by atoms with Gasteiger partial charge < -0.3 is 0 Å². The Labute approximate surface area is 105 Å². The minimum absolute atomic E-state index is 0.644. The van der Waals surface area contributed by atoms with E-state index in [1.54, 1.807) is 0 Å². The molecule has 82 valence electrons. The summed E-state index contributed by atoms with van der Waals surface area (Å²) in [4.78, 5) is 0.668. The summed E-state index contributed by atoms with van der Waals surface area (Å²) in [6.07, 6.45) is 6.49. The summed E-state index contributed by atoms with van der Waals surface area (Å²) in [7, 11) is 0. The predicted octanol–water partition coefficient (Wildman–Crippen LogP) is 5.15. The highest BCUT2D eigenvalue weighted by atomic mass is 79.9. The Morgan fingerprint density at radius 1 is 1.13 bits per heavy atom. The molecule has 0 nitrogen and oxygen atoms in total. The van der Waals surface area contributed by atoms with Crippen LogP contribution in [-0.4, -0.2) is 4.83 Å². The SMILES string of the molecule is Clc1ccccc1C1CCCCC(Br)C1. The Morgan fingerprint density at radius 2 is 1.87 bits per heavy atom. The normalized spacial score (nSPS) is 27.3. The van der Waals surface area contributed by atoms with E-state index in [9.17, 15) is 0 Å². The maximum absolute atomic E-state index is 6.24. The van der Waals surface area contributed by atoms with E-state index in [-0.39, 0.29) is 0 Å². The molecule has 0 amide bonds. The van der Waals surface area contributed by atoms with E-state index in [1.807, 2.05) is 12.1 Å². The van der Waals surface area contributed by atoms with Crippen LogP contribution in [0.1, 0.15) is 43.6 Å². The van der Waals surface area contributed by atoms with Crippen LogP contribution in [0.2, 0.25) is 5.02 Å². The first kappa shape index (κ1) is 11.5. The van der Waals surface area contributed by atoms with Gasteiger partial charge in [0.15, 0.2) is 0 Å². The molecule has 0 bridgehead atoms. The van der Waals surface area contributed by atoms with Gasteiger partial charge in [0.2, 0.25) is 0 Å². The summed E-state index contributed by atoms with van der Waals surface area (Å²) in [5.74, 6) is 0.644. The Kier molecular flexibility index (Phi) is 4.10. The topological polar surface area (TPSA) is 0 Å². The van der Waals surface area contributed by atoms with Crippen molar-refractivity contribution in [1.82, 2.24) is 0 Å². The van der Waals surface area contributed by atoms with Crippen molar-refractivity contribution in [1.29, 1.82) is 0 Å². The summed E-state index contributed by atoms with van der Waals surface area (Å²) in [5.41, 5.74) is 1.34. The molecule has 2 atom stereocenters. The van der Waals surface area contributed by atoms with Gasteiger partial charge in [0, 0.05) is 9.85 Å². The molecule has 0 spiro atoms. The standard InChI is InChI=1S/C13H16BrCl/c14-11-6-2-1-5-10(9-11)12-7-3-4-8-13(12)15/h3-4,7-8,10-11H,1-2,5-6,9H2. The van der Waals surface area contributed by atoms with E-state index in [0.717, 1.165) is 5.02 Å². The minimum atomic E-state index is 0.644. The van der Waals surface area contributed by atoms with Crippen LogP contribution in [0.3, 0.4) is 0 Å². The Hall–Kier alpha value is -0.0100. The van der Waals surface area contributed by atoms with Gasteiger partial charge in [-0.15, -0.1) is 0 Å². The smallest absolute Gasteiger partial charge is 0.0440 e. The van der Waals surface area contributed by atoms with E-state index < -0.39 is 0 Å². The number of rotatable bonds is 1. The molecule has 2 rings (SSSR count). The molecule has 15 heavy (non-hydrogen) atoms. The zero-order valence-electron chi connectivity index (χ0n) is 8.76. The lowest BCUT2D eigenvalue weighted by Gasteiger charge is -2.17. The molecule has 0 radical (unpaired) electrons.